The fourth-order valence-electron chi connectivity index (χ4n) is 0.425. The lowest BCUT2D eigenvalue weighted by molar-refractivity contribution is -0.0495. The number of aliphatic hydroxyl groups is 2. The largest absolute Gasteiger partial charge is 0.505 e. The van der Waals surface area contributed by atoms with Crippen LogP contribution in [0.4, 0.5) is 4.79 Å². The van der Waals surface area contributed by atoms with Crippen molar-refractivity contribution in [2.45, 2.75) is 19.1 Å². The minimum atomic E-state index is -1.38. The summed E-state index contributed by atoms with van der Waals surface area (Å²) in [6.45, 7) is 0.00690. The zero-order valence-electron chi connectivity index (χ0n) is 5.36. The molecule has 0 saturated carbocycles. The van der Waals surface area contributed by atoms with Crippen LogP contribution >= 0.6 is 0 Å². The fourth-order valence-corrected chi connectivity index (χ4v) is 0.425. The van der Waals surface area contributed by atoms with Gasteiger partial charge in [0.15, 0.2) is 6.29 Å². The van der Waals surface area contributed by atoms with Crippen LogP contribution < -0.4 is 0 Å². The molecule has 0 aliphatic carbocycles. The van der Waals surface area contributed by atoms with Gasteiger partial charge in [-0.25, -0.2) is 4.79 Å². The van der Waals surface area contributed by atoms with Crippen molar-refractivity contribution in [1.29, 1.82) is 0 Å². The number of ether oxygens (including phenoxy) is 1. The van der Waals surface area contributed by atoms with E-state index in [0.29, 0.717) is 6.42 Å². The first-order valence-electron chi connectivity index (χ1n) is 2.85. The highest BCUT2D eigenvalue weighted by molar-refractivity contribution is 5.56. The molecule has 3 N–H and O–H groups in total. The monoisotopic (exact) mass is 150 g/mol. The Kier molecular flexibility index (Phi) is 4.61. The van der Waals surface area contributed by atoms with Crippen LogP contribution in [-0.4, -0.2) is 34.4 Å². The van der Waals surface area contributed by atoms with E-state index in [4.69, 9.17) is 15.3 Å². The van der Waals surface area contributed by atoms with Crippen molar-refractivity contribution in [1.82, 2.24) is 0 Å². The summed E-state index contributed by atoms with van der Waals surface area (Å²) in [5, 5.41) is 24.5. The van der Waals surface area contributed by atoms with Gasteiger partial charge in [0.1, 0.15) is 0 Å². The van der Waals surface area contributed by atoms with Gasteiger partial charge < -0.3 is 20.1 Å². The quantitative estimate of drug-likeness (QED) is 0.293. The summed E-state index contributed by atoms with van der Waals surface area (Å²) >= 11 is 0. The van der Waals surface area contributed by atoms with Crippen molar-refractivity contribution < 1.29 is 24.9 Å². The molecule has 0 spiro atoms. The molecule has 0 radical (unpaired) electrons. The van der Waals surface area contributed by atoms with E-state index in [9.17, 15) is 4.79 Å². The van der Waals surface area contributed by atoms with E-state index >= 15 is 0 Å². The van der Waals surface area contributed by atoms with E-state index in [2.05, 4.69) is 4.74 Å². The maximum atomic E-state index is 9.70. The minimum absolute atomic E-state index is 0.00690. The van der Waals surface area contributed by atoms with Crippen LogP contribution in [0, 0.1) is 0 Å². The van der Waals surface area contributed by atoms with Crippen LogP contribution in [0.3, 0.4) is 0 Å². The van der Waals surface area contributed by atoms with E-state index in [0.717, 1.165) is 0 Å². The van der Waals surface area contributed by atoms with Gasteiger partial charge in [0.05, 0.1) is 6.61 Å². The molecule has 0 aromatic heterocycles. The van der Waals surface area contributed by atoms with Crippen LogP contribution in [0.15, 0.2) is 0 Å². The summed E-state index contributed by atoms with van der Waals surface area (Å²) in [4.78, 5) is 9.70. The summed E-state index contributed by atoms with van der Waals surface area (Å²) in [6, 6.07) is 0. The van der Waals surface area contributed by atoms with Crippen molar-refractivity contribution in [3.63, 3.8) is 0 Å². The number of carbonyl (C=O) groups is 1. The summed E-state index contributed by atoms with van der Waals surface area (Å²) in [7, 11) is 0. The van der Waals surface area contributed by atoms with Gasteiger partial charge in [-0.1, -0.05) is 0 Å². The van der Waals surface area contributed by atoms with Crippen molar-refractivity contribution in [3.05, 3.63) is 0 Å². The summed E-state index contributed by atoms with van der Waals surface area (Å²) < 4.78 is 4.09. The molecule has 0 aliphatic heterocycles. The van der Waals surface area contributed by atoms with Gasteiger partial charge in [0.25, 0.3) is 0 Å². The maximum Gasteiger partial charge on any atom is 0.505 e. The van der Waals surface area contributed by atoms with Gasteiger partial charge in [-0.3, -0.25) is 0 Å². The maximum absolute atomic E-state index is 9.70. The third-order valence-electron chi connectivity index (χ3n) is 0.832. The Hall–Kier alpha value is -0.810. The SMILES string of the molecule is O=C(O)OCCCC(O)O. The summed E-state index contributed by atoms with van der Waals surface area (Å²) in [6.07, 6.45) is -2.26. The van der Waals surface area contributed by atoms with Gasteiger partial charge in [-0.2, -0.15) is 0 Å². The van der Waals surface area contributed by atoms with Crippen LogP contribution in [0.1, 0.15) is 12.8 Å². The fraction of sp³-hybridized carbons (Fsp3) is 0.800. The lowest BCUT2D eigenvalue weighted by Gasteiger charge is -2.01. The molecule has 5 heteroatoms. The Morgan fingerprint density at radius 2 is 2.10 bits per heavy atom. The molecule has 10 heavy (non-hydrogen) atoms. The Bertz CT molecular complexity index is 100. The van der Waals surface area contributed by atoms with Gasteiger partial charge in [-0.15, -0.1) is 0 Å². The molecule has 0 aliphatic rings. The second kappa shape index (κ2) is 5.01. The van der Waals surface area contributed by atoms with E-state index in [1.165, 1.54) is 0 Å². The average molecular weight is 150 g/mol. The van der Waals surface area contributed by atoms with Crippen LogP contribution in [-0.2, 0) is 4.74 Å². The zero-order valence-corrected chi connectivity index (χ0v) is 5.36. The first-order valence-corrected chi connectivity index (χ1v) is 2.85. The number of hydrogen-bond donors (Lipinski definition) is 3. The molecule has 0 saturated heterocycles. The molecule has 0 bridgehead atoms. The molecule has 0 rings (SSSR count). The zero-order chi connectivity index (χ0) is 7.98. The smallest absolute Gasteiger partial charge is 0.450 e. The molecule has 0 unspecified atom stereocenters. The van der Waals surface area contributed by atoms with Crippen LogP contribution in [0.5, 0.6) is 0 Å². The molecular formula is C5H10O5. The van der Waals surface area contributed by atoms with E-state index in [-0.39, 0.29) is 13.0 Å². The predicted octanol–water partition coefficient (Wildman–Crippen LogP) is -0.228. The molecule has 0 aromatic rings. The van der Waals surface area contributed by atoms with Crippen molar-refractivity contribution in [2.24, 2.45) is 0 Å². The highest BCUT2D eigenvalue weighted by Crippen LogP contribution is 1.93. The van der Waals surface area contributed by atoms with Crippen molar-refractivity contribution in [2.75, 3.05) is 6.61 Å². The third-order valence-corrected chi connectivity index (χ3v) is 0.832. The summed E-state index contributed by atoms with van der Waals surface area (Å²) in [5.41, 5.74) is 0. The predicted molar refractivity (Wildman–Crippen MR) is 31.4 cm³/mol. The topological polar surface area (TPSA) is 87.0 Å². The molecule has 60 valence electrons. The van der Waals surface area contributed by atoms with Crippen molar-refractivity contribution >= 4 is 6.16 Å². The third kappa shape index (κ3) is 7.19. The van der Waals surface area contributed by atoms with Gasteiger partial charge in [0, 0.05) is 6.42 Å². The molecule has 0 fully saturated rings. The van der Waals surface area contributed by atoms with Gasteiger partial charge >= 0.3 is 6.16 Å². The van der Waals surface area contributed by atoms with Crippen LogP contribution in [0.25, 0.3) is 0 Å². The molecule has 5 nitrogen and oxygen atoms in total. The molecular weight excluding hydrogens is 140 g/mol. The van der Waals surface area contributed by atoms with Crippen molar-refractivity contribution in [3.8, 4) is 0 Å². The summed E-state index contributed by atoms with van der Waals surface area (Å²) in [5.74, 6) is 0. The number of aliphatic hydroxyl groups excluding tert-OH is 1. The van der Waals surface area contributed by atoms with Crippen LogP contribution in [0.2, 0.25) is 0 Å². The highest BCUT2D eigenvalue weighted by Gasteiger charge is 1.98. The first kappa shape index (κ1) is 9.19. The Morgan fingerprint density at radius 1 is 1.50 bits per heavy atom. The standard InChI is InChI=1S/C5H10O5/c6-4(7)2-1-3-10-5(8)9/h4,6-7H,1-3H2,(H,8,9). The minimum Gasteiger partial charge on any atom is -0.450 e. The number of hydrogen-bond acceptors (Lipinski definition) is 4. The highest BCUT2D eigenvalue weighted by atomic mass is 16.7. The average Bonchev–Trinajstić information content (AvgIpc) is 1.79. The number of rotatable bonds is 4. The van der Waals surface area contributed by atoms with E-state index in [1.54, 1.807) is 0 Å². The first-order chi connectivity index (χ1) is 4.63. The van der Waals surface area contributed by atoms with E-state index < -0.39 is 12.4 Å². The Balaban J connectivity index is 2.98. The molecule has 0 aromatic carbocycles. The van der Waals surface area contributed by atoms with E-state index in [1.807, 2.05) is 0 Å². The lowest BCUT2D eigenvalue weighted by Crippen LogP contribution is -2.07. The second-order valence-corrected chi connectivity index (χ2v) is 1.74. The second-order valence-electron chi connectivity index (χ2n) is 1.74. The normalized spacial score (nSPS) is 9.90. The lowest BCUT2D eigenvalue weighted by atomic mass is 10.3. The Labute approximate surface area is 57.9 Å². The van der Waals surface area contributed by atoms with Gasteiger partial charge in [-0.05, 0) is 6.42 Å². The molecule has 0 heterocycles. The van der Waals surface area contributed by atoms with Gasteiger partial charge in [0.2, 0.25) is 0 Å². The number of carboxylic acid groups (broad SMARTS) is 1. The molecule has 0 atom stereocenters. The Morgan fingerprint density at radius 3 is 2.50 bits per heavy atom. The molecule has 0 amide bonds.